The summed E-state index contributed by atoms with van der Waals surface area (Å²) >= 11 is 3.36. The van der Waals surface area contributed by atoms with Crippen LogP contribution in [0.5, 0.6) is 0 Å². The van der Waals surface area contributed by atoms with Crippen molar-refractivity contribution < 1.29 is 9.59 Å². The van der Waals surface area contributed by atoms with Crippen molar-refractivity contribution in [1.29, 1.82) is 0 Å². The third-order valence-corrected chi connectivity index (χ3v) is 3.76. The first-order valence-corrected chi connectivity index (χ1v) is 7.44. The molecule has 6 heteroatoms. The predicted molar refractivity (Wildman–Crippen MR) is 81.6 cm³/mol. The number of aryl methyl sites for hydroxylation is 1. The second kappa shape index (κ2) is 6.85. The van der Waals surface area contributed by atoms with E-state index in [-0.39, 0.29) is 0 Å². The Balaban J connectivity index is 2.03. The molecule has 0 atom stereocenters. The van der Waals surface area contributed by atoms with Gasteiger partial charge in [-0.1, -0.05) is 22.0 Å². The molecule has 0 saturated carbocycles. The standard InChI is InChI=1S/C14H18BrN3O2/c1-10-3-4-11(15)9-12(10)17-13(19)14(20)18-7-2-5-16-6-8-18/h3-4,9,16H,2,5-8H2,1H3,(H,17,19). The molecule has 1 aliphatic rings. The third-order valence-electron chi connectivity index (χ3n) is 3.27. The Hall–Kier alpha value is -1.40. The molecule has 1 aromatic rings. The minimum absolute atomic E-state index is 0.465. The molecule has 0 spiro atoms. The number of hydrogen-bond acceptors (Lipinski definition) is 3. The summed E-state index contributed by atoms with van der Waals surface area (Å²) in [5, 5.41) is 5.89. The summed E-state index contributed by atoms with van der Waals surface area (Å²) in [6, 6.07) is 5.58. The van der Waals surface area contributed by atoms with Gasteiger partial charge in [-0.3, -0.25) is 9.59 Å². The summed E-state index contributed by atoms with van der Waals surface area (Å²) in [6.07, 6.45) is 0.870. The molecule has 0 aliphatic carbocycles. The summed E-state index contributed by atoms with van der Waals surface area (Å²) in [5.41, 5.74) is 1.58. The van der Waals surface area contributed by atoms with Crippen molar-refractivity contribution >= 4 is 33.4 Å². The third kappa shape index (κ3) is 3.80. The number of hydrogen-bond donors (Lipinski definition) is 2. The number of rotatable bonds is 1. The van der Waals surface area contributed by atoms with Crippen molar-refractivity contribution in [2.24, 2.45) is 0 Å². The van der Waals surface area contributed by atoms with Gasteiger partial charge in [-0.2, -0.15) is 0 Å². The van der Waals surface area contributed by atoms with Gasteiger partial charge in [0.05, 0.1) is 0 Å². The maximum Gasteiger partial charge on any atom is 0.313 e. The molecule has 1 saturated heterocycles. The van der Waals surface area contributed by atoms with Gasteiger partial charge in [0.2, 0.25) is 0 Å². The lowest BCUT2D eigenvalue weighted by molar-refractivity contribution is -0.143. The van der Waals surface area contributed by atoms with E-state index >= 15 is 0 Å². The number of benzene rings is 1. The zero-order valence-electron chi connectivity index (χ0n) is 11.4. The van der Waals surface area contributed by atoms with Gasteiger partial charge in [0.15, 0.2) is 0 Å². The minimum Gasteiger partial charge on any atom is -0.333 e. The highest BCUT2D eigenvalue weighted by Gasteiger charge is 2.22. The lowest BCUT2D eigenvalue weighted by Gasteiger charge is -2.19. The molecule has 1 aliphatic heterocycles. The van der Waals surface area contributed by atoms with Crippen LogP contribution in [0.25, 0.3) is 0 Å². The predicted octanol–water partition coefficient (Wildman–Crippen LogP) is 1.52. The maximum absolute atomic E-state index is 12.1. The van der Waals surface area contributed by atoms with Crippen molar-refractivity contribution in [1.82, 2.24) is 10.2 Å². The molecule has 1 aromatic carbocycles. The molecule has 1 heterocycles. The number of amides is 2. The van der Waals surface area contributed by atoms with Crippen LogP contribution in [-0.4, -0.2) is 42.9 Å². The van der Waals surface area contributed by atoms with Crippen molar-refractivity contribution in [3.8, 4) is 0 Å². The second-order valence-electron chi connectivity index (χ2n) is 4.81. The number of nitrogens with one attached hydrogen (secondary N) is 2. The zero-order chi connectivity index (χ0) is 14.5. The van der Waals surface area contributed by atoms with E-state index in [0.29, 0.717) is 18.8 Å². The molecule has 2 N–H and O–H groups in total. The van der Waals surface area contributed by atoms with Crippen LogP contribution in [0.4, 0.5) is 5.69 Å². The van der Waals surface area contributed by atoms with E-state index in [1.807, 2.05) is 19.1 Å². The van der Waals surface area contributed by atoms with Crippen molar-refractivity contribution in [2.75, 3.05) is 31.5 Å². The first-order chi connectivity index (χ1) is 9.58. The summed E-state index contributed by atoms with van der Waals surface area (Å²) in [5.74, 6) is -1.04. The summed E-state index contributed by atoms with van der Waals surface area (Å²) in [6.45, 7) is 4.70. The van der Waals surface area contributed by atoms with Gasteiger partial charge in [0.25, 0.3) is 0 Å². The van der Waals surface area contributed by atoms with Crippen LogP contribution in [0.2, 0.25) is 0 Å². The number of anilines is 1. The van der Waals surface area contributed by atoms with Crippen LogP contribution < -0.4 is 10.6 Å². The number of halogens is 1. The summed E-state index contributed by atoms with van der Waals surface area (Å²) in [7, 11) is 0. The Kier molecular flexibility index (Phi) is 5.14. The Bertz CT molecular complexity index is 511. The van der Waals surface area contributed by atoms with E-state index in [9.17, 15) is 9.59 Å². The van der Waals surface area contributed by atoms with Crippen LogP contribution in [0, 0.1) is 6.92 Å². The SMILES string of the molecule is Cc1ccc(Br)cc1NC(=O)C(=O)N1CCCNCC1. The minimum atomic E-state index is -0.576. The van der Waals surface area contributed by atoms with Crippen LogP contribution in [-0.2, 0) is 9.59 Å². The summed E-state index contributed by atoms with van der Waals surface area (Å²) in [4.78, 5) is 25.8. The topological polar surface area (TPSA) is 61.4 Å². The van der Waals surface area contributed by atoms with Gasteiger partial charge in [0.1, 0.15) is 0 Å². The largest absolute Gasteiger partial charge is 0.333 e. The molecule has 2 rings (SSSR count). The van der Waals surface area contributed by atoms with E-state index in [0.717, 1.165) is 29.5 Å². The molecular formula is C14H18BrN3O2. The van der Waals surface area contributed by atoms with E-state index in [1.165, 1.54) is 0 Å². The van der Waals surface area contributed by atoms with E-state index in [1.54, 1.807) is 11.0 Å². The molecule has 0 radical (unpaired) electrons. The highest BCUT2D eigenvalue weighted by molar-refractivity contribution is 9.10. The van der Waals surface area contributed by atoms with Crippen molar-refractivity contribution in [3.63, 3.8) is 0 Å². The van der Waals surface area contributed by atoms with Crippen LogP contribution >= 0.6 is 15.9 Å². The molecule has 0 aromatic heterocycles. The summed E-state index contributed by atoms with van der Waals surface area (Å²) < 4.78 is 0.866. The lowest BCUT2D eigenvalue weighted by Crippen LogP contribution is -2.41. The molecule has 0 unspecified atom stereocenters. The quantitative estimate of drug-likeness (QED) is 0.762. The fourth-order valence-corrected chi connectivity index (χ4v) is 2.46. The van der Waals surface area contributed by atoms with E-state index in [4.69, 9.17) is 0 Å². The van der Waals surface area contributed by atoms with Crippen LogP contribution in [0.1, 0.15) is 12.0 Å². The molecule has 20 heavy (non-hydrogen) atoms. The Morgan fingerprint density at radius 3 is 2.90 bits per heavy atom. The first-order valence-electron chi connectivity index (χ1n) is 6.65. The molecule has 0 bridgehead atoms. The monoisotopic (exact) mass is 339 g/mol. The second-order valence-corrected chi connectivity index (χ2v) is 5.72. The number of nitrogens with zero attached hydrogens (tertiary/aromatic N) is 1. The average Bonchev–Trinajstić information content (AvgIpc) is 2.71. The highest BCUT2D eigenvalue weighted by atomic mass is 79.9. The smallest absolute Gasteiger partial charge is 0.313 e. The van der Waals surface area contributed by atoms with Gasteiger partial charge in [0, 0.05) is 29.8 Å². The first kappa shape index (κ1) is 15.0. The average molecular weight is 340 g/mol. The molecule has 1 fully saturated rings. The van der Waals surface area contributed by atoms with Gasteiger partial charge >= 0.3 is 11.8 Å². The highest BCUT2D eigenvalue weighted by Crippen LogP contribution is 2.20. The van der Waals surface area contributed by atoms with Gasteiger partial charge < -0.3 is 15.5 Å². The van der Waals surface area contributed by atoms with E-state index in [2.05, 4.69) is 26.6 Å². The van der Waals surface area contributed by atoms with Gasteiger partial charge in [-0.15, -0.1) is 0 Å². The van der Waals surface area contributed by atoms with Crippen molar-refractivity contribution in [3.05, 3.63) is 28.2 Å². The normalized spacial score (nSPS) is 15.6. The van der Waals surface area contributed by atoms with Crippen molar-refractivity contribution in [2.45, 2.75) is 13.3 Å². The number of carbonyl (C=O) groups is 2. The zero-order valence-corrected chi connectivity index (χ0v) is 13.0. The molecule has 108 valence electrons. The van der Waals surface area contributed by atoms with E-state index < -0.39 is 11.8 Å². The molecular weight excluding hydrogens is 322 g/mol. The van der Waals surface area contributed by atoms with Gasteiger partial charge in [-0.25, -0.2) is 0 Å². The lowest BCUT2D eigenvalue weighted by atomic mass is 10.2. The Morgan fingerprint density at radius 1 is 1.30 bits per heavy atom. The number of carbonyl (C=O) groups excluding carboxylic acids is 2. The molecule has 2 amide bonds. The fourth-order valence-electron chi connectivity index (χ4n) is 2.10. The van der Waals surface area contributed by atoms with Gasteiger partial charge in [-0.05, 0) is 37.6 Å². The maximum atomic E-state index is 12.1. The Morgan fingerprint density at radius 2 is 2.10 bits per heavy atom. The van der Waals surface area contributed by atoms with Crippen LogP contribution in [0.15, 0.2) is 22.7 Å². The molecule has 5 nitrogen and oxygen atoms in total. The Labute approximate surface area is 126 Å². The fraction of sp³-hybridized carbons (Fsp3) is 0.429. The van der Waals surface area contributed by atoms with Crippen LogP contribution in [0.3, 0.4) is 0 Å².